The van der Waals surface area contributed by atoms with E-state index in [2.05, 4.69) is 18.7 Å². The van der Waals surface area contributed by atoms with E-state index in [1.54, 1.807) is 28.6 Å². The lowest BCUT2D eigenvalue weighted by atomic mass is 10.1. The monoisotopic (exact) mass is 422 g/mol. The SMILES string of the molecule is CCN(CC)CCCC(C)N(Cc1ccccc1)S(=O)(=O)c1ccc(Cl)cc1. The molecule has 0 aliphatic carbocycles. The molecular weight excluding hydrogens is 392 g/mol. The van der Waals surface area contributed by atoms with Crippen LogP contribution in [-0.2, 0) is 16.6 Å². The van der Waals surface area contributed by atoms with E-state index in [-0.39, 0.29) is 10.9 Å². The van der Waals surface area contributed by atoms with E-state index >= 15 is 0 Å². The van der Waals surface area contributed by atoms with Crippen LogP contribution in [0.1, 0.15) is 39.2 Å². The first-order valence-electron chi connectivity index (χ1n) is 9.92. The summed E-state index contributed by atoms with van der Waals surface area (Å²) in [5.74, 6) is 0. The van der Waals surface area contributed by atoms with Gasteiger partial charge in [0.05, 0.1) is 4.90 Å². The normalized spacial score (nSPS) is 13.2. The average Bonchev–Trinajstić information content (AvgIpc) is 2.70. The molecule has 0 fully saturated rings. The third kappa shape index (κ3) is 6.31. The van der Waals surface area contributed by atoms with Gasteiger partial charge >= 0.3 is 0 Å². The predicted molar refractivity (Wildman–Crippen MR) is 117 cm³/mol. The molecular formula is C22H31ClN2O2S. The number of hydrogen-bond donors (Lipinski definition) is 0. The van der Waals surface area contributed by atoms with Crippen molar-refractivity contribution < 1.29 is 8.42 Å². The fourth-order valence-electron chi connectivity index (χ4n) is 3.28. The lowest BCUT2D eigenvalue weighted by Crippen LogP contribution is -2.38. The molecule has 0 saturated carbocycles. The van der Waals surface area contributed by atoms with Gasteiger partial charge in [0.2, 0.25) is 10.0 Å². The van der Waals surface area contributed by atoms with Crippen molar-refractivity contribution in [2.24, 2.45) is 0 Å². The molecule has 154 valence electrons. The van der Waals surface area contributed by atoms with Gasteiger partial charge in [-0.15, -0.1) is 0 Å². The van der Waals surface area contributed by atoms with Crippen LogP contribution in [0.3, 0.4) is 0 Å². The number of halogens is 1. The smallest absolute Gasteiger partial charge is 0.243 e. The van der Waals surface area contributed by atoms with Crippen molar-refractivity contribution in [3.05, 3.63) is 65.2 Å². The first-order valence-corrected chi connectivity index (χ1v) is 11.7. The van der Waals surface area contributed by atoms with Crippen LogP contribution >= 0.6 is 11.6 Å². The van der Waals surface area contributed by atoms with Crippen molar-refractivity contribution in [3.63, 3.8) is 0 Å². The Morgan fingerprint density at radius 2 is 1.57 bits per heavy atom. The van der Waals surface area contributed by atoms with Crippen LogP contribution in [0.15, 0.2) is 59.5 Å². The van der Waals surface area contributed by atoms with Gasteiger partial charge in [0.15, 0.2) is 0 Å². The molecule has 2 aromatic carbocycles. The van der Waals surface area contributed by atoms with E-state index < -0.39 is 10.0 Å². The first-order chi connectivity index (χ1) is 13.4. The molecule has 2 aromatic rings. The van der Waals surface area contributed by atoms with Crippen molar-refractivity contribution >= 4 is 21.6 Å². The summed E-state index contributed by atoms with van der Waals surface area (Å²) in [5.41, 5.74) is 0.982. The zero-order chi connectivity index (χ0) is 20.6. The van der Waals surface area contributed by atoms with Crippen molar-refractivity contribution in [2.45, 2.75) is 51.1 Å². The number of rotatable bonds is 11. The highest BCUT2D eigenvalue weighted by atomic mass is 35.5. The van der Waals surface area contributed by atoms with Gasteiger partial charge in [-0.05, 0) is 69.2 Å². The van der Waals surface area contributed by atoms with Gasteiger partial charge in [-0.25, -0.2) is 8.42 Å². The van der Waals surface area contributed by atoms with E-state index in [9.17, 15) is 8.42 Å². The minimum atomic E-state index is -3.62. The quantitative estimate of drug-likeness (QED) is 0.509. The molecule has 0 N–H and O–H groups in total. The van der Waals surface area contributed by atoms with Crippen LogP contribution in [0, 0.1) is 0 Å². The van der Waals surface area contributed by atoms with Crippen LogP contribution in [0.4, 0.5) is 0 Å². The molecule has 0 aliphatic heterocycles. The molecule has 4 nitrogen and oxygen atoms in total. The summed E-state index contributed by atoms with van der Waals surface area (Å²) in [4.78, 5) is 2.64. The zero-order valence-electron chi connectivity index (χ0n) is 17.0. The minimum absolute atomic E-state index is 0.101. The summed E-state index contributed by atoms with van der Waals surface area (Å²) in [6.07, 6.45) is 1.78. The molecule has 0 aromatic heterocycles. The second kappa shape index (κ2) is 11.0. The Labute approximate surface area is 175 Å². The number of sulfonamides is 1. The second-order valence-corrected chi connectivity index (χ2v) is 9.33. The van der Waals surface area contributed by atoms with Gasteiger partial charge in [0, 0.05) is 17.6 Å². The Bertz CT molecular complexity index is 806. The molecule has 1 atom stereocenters. The minimum Gasteiger partial charge on any atom is -0.304 e. The lowest BCUT2D eigenvalue weighted by molar-refractivity contribution is 0.265. The van der Waals surface area contributed by atoms with Crippen molar-refractivity contribution in [1.82, 2.24) is 9.21 Å². The molecule has 0 heterocycles. The zero-order valence-corrected chi connectivity index (χ0v) is 18.6. The predicted octanol–water partition coefficient (Wildman–Crippen LogP) is 5.04. The van der Waals surface area contributed by atoms with Gasteiger partial charge in [0.1, 0.15) is 0 Å². The molecule has 28 heavy (non-hydrogen) atoms. The summed E-state index contributed by atoms with van der Waals surface area (Å²) in [6.45, 7) is 9.68. The van der Waals surface area contributed by atoms with E-state index in [1.165, 1.54) is 0 Å². The highest BCUT2D eigenvalue weighted by Gasteiger charge is 2.29. The van der Waals surface area contributed by atoms with Gasteiger partial charge in [-0.3, -0.25) is 0 Å². The van der Waals surface area contributed by atoms with Gasteiger partial charge in [0.25, 0.3) is 0 Å². The van der Waals surface area contributed by atoms with Crippen LogP contribution in [0.25, 0.3) is 0 Å². The molecule has 6 heteroatoms. The van der Waals surface area contributed by atoms with Crippen LogP contribution in [0.5, 0.6) is 0 Å². The van der Waals surface area contributed by atoms with E-state index in [1.807, 2.05) is 37.3 Å². The topological polar surface area (TPSA) is 40.6 Å². The molecule has 0 radical (unpaired) electrons. The Balaban J connectivity index is 2.22. The fourth-order valence-corrected chi connectivity index (χ4v) is 5.05. The van der Waals surface area contributed by atoms with Crippen LogP contribution < -0.4 is 0 Å². The molecule has 0 amide bonds. The standard InChI is InChI=1S/C22H31ClN2O2S/c1-4-24(5-2)17-9-10-19(3)25(18-20-11-7-6-8-12-20)28(26,27)22-15-13-21(23)14-16-22/h6-8,11-16,19H,4-5,9-10,17-18H2,1-3H3. The molecule has 0 spiro atoms. The molecule has 0 saturated heterocycles. The molecule has 1 unspecified atom stereocenters. The third-order valence-electron chi connectivity index (χ3n) is 5.08. The number of benzene rings is 2. The highest BCUT2D eigenvalue weighted by molar-refractivity contribution is 7.89. The maximum atomic E-state index is 13.4. The summed E-state index contributed by atoms with van der Waals surface area (Å²) >= 11 is 5.95. The van der Waals surface area contributed by atoms with Crippen molar-refractivity contribution in [2.75, 3.05) is 19.6 Å². The lowest BCUT2D eigenvalue weighted by Gasteiger charge is -2.29. The molecule has 0 bridgehead atoms. The van der Waals surface area contributed by atoms with Gasteiger partial charge < -0.3 is 4.90 Å². The van der Waals surface area contributed by atoms with Gasteiger partial charge in [-0.1, -0.05) is 55.8 Å². The number of hydrogen-bond acceptors (Lipinski definition) is 3. The Kier molecular flexibility index (Phi) is 8.96. The van der Waals surface area contributed by atoms with E-state index in [4.69, 9.17) is 11.6 Å². The largest absolute Gasteiger partial charge is 0.304 e. The summed E-state index contributed by atoms with van der Waals surface area (Å²) in [7, 11) is -3.62. The first kappa shape index (κ1) is 22.9. The Morgan fingerprint density at radius 1 is 0.964 bits per heavy atom. The fraction of sp³-hybridized carbons (Fsp3) is 0.455. The Hall–Kier alpha value is -1.40. The van der Waals surface area contributed by atoms with E-state index in [0.717, 1.165) is 38.0 Å². The maximum Gasteiger partial charge on any atom is 0.243 e. The van der Waals surface area contributed by atoms with Crippen LogP contribution in [0.2, 0.25) is 5.02 Å². The Morgan fingerprint density at radius 3 is 2.14 bits per heavy atom. The molecule has 0 aliphatic rings. The maximum absolute atomic E-state index is 13.4. The second-order valence-electron chi connectivity index (χ2n) is 7.01. The third-order valence-corrected chi connectivity index (χ3v) is 7.31. The average molecular weight is 423 g/mol. The van der Waals surface area contributed by atoms with E-state index in [0.29, 0.717) is 11.6 Å². The highest BCUT2D eigenvalue weighted by Crippen LogP contribution is 2.24. The summed E-state index contributed by atoms with van der Waals surface area (Å²) in [6, 6.07) is 16.1. The summed E-state index contributed by atoms with van der Waals surface area (Å²) < 4.78 is 28.4. The van der Waals surface area contributed by atoms with Crippen LogP contribution in [-0.4, -0.2) is 43.3 Å². The number of nitrogens with zero attached hydrogens (tertiary/aromatic N) is 2. The van der Waals surface area contributed by atoms with Crippen molar-refractivity contribution in [3.8, 4) is 0 Å². The van der Waals surface area contributed by atoms with Gasteiger partial charge in [-0.2, -0.15) is 4.31 Å². The molecule has 2 rings (SSSR count). The summed E-state index contributed by atoms with van der Waals surface area (Å²) in [5, 5.41) is 0.529. The van der Waals surface area contributed by atoms with Crippen molar-refractivity contribution in [1.29, 1.82) is 0 Å².